The van der Waals surface area contributed by atoms with Crippen LogP contribution in [0.3, 0.4) is 0 Å². The van der Waals surface area contributed by atoms with Gasteiger partial charge in [0.2, 0.25) is 12.6 Å². The molecular weight excluding hydrogens is 480 g/mol. The first kappa shape index (κ1) is 22.4. The van der Waals surface area contributed by atoms with Crippen molar-refractivity contribution in [3.8, 4) is 45.8 Å². The Kier molecular flexibility index (Phi) is 5.37. The van der Waals surface area contributed by atoms with Gasteiger partial charge in [0.1, 0.15) is 11.5 Å². The van der Waals surface area contributed by atoms with Gasteiger partial charge >= 0.3 is 5.69 Å². The first-order valence-electron chi connectivity index (χ1n) is 11.3. The largest absolute Gasteiger partial charge is 0.497 e. The van der Waals surface area contributed by atoms with Gasteiger partial charge in [-0.1, -0.05) is 11.2 Å². The molecule has 0 aliphatic carbocycles. The molecule has 6 rings (SSSR count). The molecule has 5 aromatic rings. The minimum absolute atomic E-state index is 0.0829. The van der Waals surface area contributed by atoms with Gasteiger partial charge < -0.3 is 28.5 Å². The van der Waals surface area contributed by atoms with Crippen LogP contribution in [0.25, 0.3) is 33.7 Å². The lowest BCUT2D eigenvalue weighted by molar-refractivity contribution is 0.174. The summed E-state index contributed by atoms with van der Waals surface area (Å²) >= 11 is 0. The van der Waals surface area contributed by atoms with Gasteiger partial charge in [-0.2, -0.15) is 4.98 Å². The summed E-state index contributed by atoms with van der Waals surface area (Å²) in [5.74, 6) is 2.94. The standard InChI is InChI=1S/C26H20N4O7/c1-33-17-8-16(9-18(11-17)34-2)23-28-24(37-29-23)15-4-5-19-20(10-15)27-26(32)30(25(19)31)12-14-3-6-21-22(7-14)36-13-35-21/h3-11H,12-13H2,1-2H3,(H,27,32). The molecule has 3 heterocycles. The molecule has 0 bridgehead atoms. The average molecular weight is 500 g/mol. The first-order valence-corrected chi connectivity index (χ1v) is 11.3. The molecule has 1 aliphatic rings. The quantitative estimate of drug-likeness (QED) is 0.373. The third-order valence-electron chi connectivity index (χ3n) is 6.04. The molecular formula is C26H20N4O7. The van der Waals surface area contributed by atoms with Gasteiger partial charge in [-0.3, -0.25) is 9.36 Å². The van der Waals surface area contributed by atoms with E-state index in [1.807, 2.05) is 0 Å². The number of benzene rings is 3. The molecule has 1 aliphatic heterocycles. The van der Waals surface area contributed by atoms with Gasteiger partial charge in [-0.25, -0.2) is 4.79 Å². The maximum absolute atomic E-state index is 13.2. The Bertz CT molecular complexity index is 1750. The van der Waals surface area contributed by atoms with E-state index in [0.717, 1.165) is 10.1 Å². The van der Waals surface area contributed by atoms with Crippen molar-refractivity contribution >= 4 is 10.9 Å². The minimum Gasteiger partial charge on any atom is -0.497 e. The summed E-state index contributed by atoms with van der Waals surface area (Å²) in [5.41, 5.74) is 1.33. The van der Waals surface area contributed by atoms with E-state index in [1.165, 1.54) is 0 Å². The van der Waals surface area contributed by atoms with E-state index in [4.69, 9.17) is 23.5 Å². The maximum atomic E-state index is 13.2. The molecule has 11 nitrogen and oxygen atoms in total. The zero-order valence-corrected chi connectivity index (χ0v) is 19.8. The Morgan fingerprint density at radius 1 is 0.919 bits per heavy atom. The summed E-state index contributed by atoms with van der Waals surface area (Å²) in [6.45, 7) is 0.229. The SMILES string of the molecule is COc1cc(OC)cc(-c2noc(-c3ccc4c(=O)n(Cc5ccc6c(c5)OCO6)c(=O)[nH]c4c3)n2)c1. The molecule has 0 saturated heterocycles. The van der Waals surface area contributed by atoms with Crippen LogP contribution in [0.15, 0.2) is 68.7 Å². The third kappa shape index (κ3) is 4.05. The highest BCUT2D eigenvalue weighted by molar-refractivity contribution is 5.82. The van der Waals surface area contributed by atoms with Crippen molar-refractivity contribution in [2.24, 2.45) is 0 Å². The van der Waals surface area contributed by atoms with Crippen LogP contribution in [-0.4, -0.2) is 40.7 Å². The average Bonchev–Trinajstić information content (AvgIpc) is 3.60. The number of hydrogen-bond donors (Lipinski definition) is 1. The third-order valence-corrected chi connectivity index (χ3v) is 6.04. The van der Waals surface area contributed by atoms with E-state index >= 15 is 0 Å². The van der Waals surface area contributed by atoms with Crippen molar-refractivity contribution in [3.05, 3.63) is 81.0 Å². The van der Waals surface area contributed by atoms with Crippen LogP contribution in [0.4, 0.5) is 0 Å². The lowest BCUT2D eigenvalue weighted by Gasteiger charge is -2.08. The maximum Gasteiger partial charge on any atom is 0.329 e. The van der Waals surface area contributed by atoms with Crippen LogP contribution in [-0.2, 0) is 6.54 Å². The molecule has 0 fully saturated rings. The van der Waals surface area contributed by atoms with Crippen molar-refractivity contribution in [3.63, 3.8) is 0 Å². The van der Waals surface area contributed by atoms with Gasteiger partial charge in [0, 0.05) is 17.2 Å². The number of aromatic nitrogens is 4. The molecule has 2 aromatic heterocycles. The van der Waals surface area contributed by atoms with Gasteiger partial charge in [0.25, 0.3) is 11.4 Å². The summed E-state index contributed by atoms with van der Waals surface area (Å²) in [6.07, 6.45) is 0. The van der Waals surface area contributed by atoms with Crippen LogP contribution < -0.4 is 30.2 Å². The molecule has 0 amide bonds. The molecule has 0 atom stereocenters. The van der Waals surface area contributed by atoms with E-state index in [1.54, 1.807) is 68.8 Å². The predicted molar refractivity (Wildman–Crippen MR) is 132 cm³/mol. The monoisotopic (exact) mass is 500 g/mol. The Morgan fingerprint density at radius 3 is 2.49 bits per heavy atom. The second-order valence-electron chi connectivity index (χ2n) is 8.29. The molecule has 0 unspecified atom stereocenters. The van der Waals surface area contributed by atoms with Gasteiger partial charge in [-0.05, 0) is 48.0 Å². The second kappa shape index (κ2) is 8.86. The van der Waals surface area contributed by atoms with E-state index in [-0.39, 0.29) is 19.2 Å². The summed E-state index contributed by atoms with van der Waals surface area (Å²) in [5, 5.41) is 4.41. The number of fused-ring (bicyclic) bond motifs is 2. The smallest absolute Gasteiger partial charge is 0.329 e. The van der Waals surface area contributed by atoms with E-state index < -0.39 is 11.2 Å². The summed E-state index contributed by atoms with van der Waals surface area (Å²) < 4.78 is 27.9. The number of nitrogens with zero attached hydrogens (tertiary/aromatic N) is 3. The molecule has 0 radical (unpaired) electrons. The molecule has 186 valence electrons. The zero-order chi connectivity index (χ0) is 25.5. The lowest BCUT2D eigenvalue weighted by atomic mass is 10.1. The fourth-order valence-electron chi connectivity index (χ4n) is 4.15. The van der Waals surface area contributed by atoms with Crippen molar-refractivity contribution in [1.82, 2.24) is 19.7 Å². The van der Waals surface area contributed by atoms with E-state index in [9.17, 15) is 9.59 Å². The Morgan fingerprint density at radius 2 is 1.70 bits per heavy atom. The first-order chi connectivity index (χ1) is 18.0. The molecule has 0 spiro atoms. The number of rotatable bonds is 6. The topological polar surface area (TPSA) is 131 Å². The van der Waals surface area contributed by atoms with Gasteiger partial charge in [0.15, 0.2) is 11.5 Å². The van der Waals surface area contributed by atoms with E-state index in [0.29, 0.717) is 50.9 Å². The number of nitrogens with one attached hydrogen (secondary N) is 1. The molecule has 3 aromatic carbocycles. The van der Waals surface area contributed by atoms with Crippen molar-refractivity contribution < 1.29 is 23.5 Å². The Hall–Kier alpha value is -5.06. The number of H-pyrrole nitrogens is 1. The Balaban J connectivity index is 1.33. The van der Waals surface area contributed by atoms with Crippen LogP contribution in [0.2, 0.25) is 0 Å². The summed E-state index contributed by atoms with van der Waals surface area (Å²) in [4.78, 5) is 33.2. The minimum atomic E-state index is -0.540. The van der Waals surface area contributed by atoms with Crippen molar-refractivity contribution in [1.29, 1.82) is 0 Å². The highest BCUT2D eigenvalue weighted by Gasteiger charge is 2.17. The number of aromatic amines is 1. The van der Waals surface area contributed by atoms with Crippen LogP contribution in [0.5, 0.6) is 23.0 Å². The molecule has 11 heteroatoms. The van der Waals surface area contributed by atoms with Crippen LogP contribution in [0.1, 0.15) is 5.56 Å². The van der Waals surface area contributed by atoms with Gasteiger partial charge in [0.05, 0.1) is 31.7 Å². The second-order valence-corrected chi connectivity index (χ2v) is 8.29. The Labute approximate surface area is 208 Å². The van der Waals surface area contributed by atoms with Gasteiger partial charge in [-0.15, -0.1) is 0 Å². The van der Waals surface area contributed by atoms with Crippen molar-refractivity contribution in [2.45, 2.75) is 6.54 Å². The number of ether oxygens (including phenoxy) is 4. The van der Waals surface area contributed by atoms with E-state index in [2.05, 4.69) is 15.1 Å². The van der Waals surface area contributed by atoms with Crippen LogP contribution >= 0.6 is 0 Å². The zero-order valence-electron chi connectivity index (χ0n) is 19.8. The summed E-state index contributed by atoms with van der Waals surface area (Å²) in [7, 11) is 3.11. The normalized spacial score (nSPS) is 12.2. The fourth-order valence-corrected chi connectivity index (χ4v) is 4.15. The lowest BCUT2D eigenvalue weighted by Crippen LogP contribution is -2.35. The van der Waals surface area contributed by atoms with Crippen LogP contribution in [0, 0.1) is 0 Å². The highest BCUT2D eigenvalue weighted by atomic mass is 16.7. The predicted octanol–water partition coefficient (Wildman–Crippen LogP) is 3.20. The van der Waals surface area contributed by atoms with Crippen molar-refractivity contribution in [2.75, 3.05) is 21.0 Å². The fraction of sp³-hybridized carbons (Fsp3) is 0.154. The molecule has 1 N–H and O–H groups in total. The number of methoxy groups -OCH3 is 2. The highest BCUT2D eigenvalue weighted by Crippen LogP contribution is 2.33. The number of hydrogen-bond acceptors (Lipinski definition) is 9. The summed E-state index contributed by atoms with van der Waals surface area (Å²) in [6, 6.07) is 15.5. The molecule has 37 heavy (non-hydrogen) atoms. The molecule has 0 saturated carbocycles.